The van der Waals surface area contributed by atoms with Gasteiger partial charge in [0.05, 0.1) is 6.54 Å². The van der Waals surface area contributed by atoms with Crippen molar-refractivity contribution in [3.05, 3.63) is 60.2 Å². The van der Waals surface area contributed by atoms with Crippen LogP contribution in [0.15, 0.2) is 59.7 Å². The first kappa shape index (κ1) is 12.0. The first-order valence-electron chi connectivity index (χ1n) is 5.71. The second kappa shape index (κ2) is 5.72. The van der Waals surface area contributed by atoms with E-state index < -0.39 is 0 Å². The molecule has 5 N–H and O–H groups in total. The molecule has 0 bridgehead atoms. The second-order valence-electron chi connectivity index (χ2n) is 3.94. The molecule has 4 heteroatoms. The van der Waals surface area contributed by atoms with Gasteiger partial charge in [-0.1, -0.05) is 48.5 Å². The number of nitrogens with zero attached hydrogens (tertiary/aromatic N) is 1. The number of benzene rings is 2. The number of guanidine groups is 1. The average molecular weight is 240 g/mol. The second-order valence-corrected chi connectivity index (χ2v) is 3.94. The first-order valence-corrected chi connectivity index (χ1v) is 5.71. The number of hydrazone groups is 1. The lowest BCUT2D eigenvalue weighted by Crippen LogP contribution is -2.26. The van der Waals surface area contributed by atoms with Crippen molar-refractivity contribution in [2.75, 3.05) is 0 Å². The molecule has 92 valence electrons. The molecule has 18 heavy (non-hydrogen) atoms. The van der Waals surface area contributed by atoms with Gasteiger partial charge in [-0.15, -0.1) is 5.10 Å². The molecule has 0 aromatic heterocycles. The summed E-state index contributed by atoms with van der Waals surface area (Å²) in [5, 5.41) is 3.74. The maximum atomic E-state index is 5.24. The lowest BCUT2D eigenvalue weighted by Gasteiger charge is -2.05. The molecule has 2 rings (SSSR count). The summed E-state index contributed by atoms with van der Waals surface area (Å²) in [5.41, 5.74) is 16.8. The zero-order chi connectivity index (χ0) is 12.8. The highest BCUT2D eigenvalue weighted by atomic mass is 15.3. The predicted molar refractivity (Wildman–Crippen MR) is 74.5 cm³/mol. The molecule has 0 aliphatic carbocycles. The Morgan fingerprint density at radius 1 is 0.944 bits per heavy atom. The van der Waals surface area contributed by atoms with Crippen LogP contribution in [0.5, 0.6) is 0 Å². The van der Waals surface area contributed by atoms with Gasteiger partial charge in [-0.05, 0) is 22.8 Å². The van der Waals surface area contributed by atoms with Crippen molar-refractivity contribution in [3.8, 4) is 11.1 Å². The van der Waals surface area contributed by atoms with E-state index in [-0.39, 0.29) is 5.96 Å². The van der Waals surface area contributed by atoms with Crippen molar-refractivity contribution in [1.29, 1.82) is 0 Å². The summed E-state index contributed by atoms with van der Waals surface area (Å²) in [4.78, 5) is 0. The smallest absolute Gasteiger partial charge is 0.208 e. The number of nitrogens with two attached hydrogens (primary N) is 2. The van der Waals surface area contributed by atoms with Crippen LogP contribution < -0.4 is 16.9 Å². The van der Waals surface area contributed by atoms with Gasteiger partial charge in [0.1, 0.15) is 0 Å². The van der Waals surface area contributed by atoms with Crippen LogP contribution in [0.4, 0.5) is 0 Å². The Bertz CT molecular complexity index is 531. The Labute approximate surface area is 106 Å². The van der Waals surface area contributed by atoms with Gasteiger partial charge < -0.3 is 16.9 Å². The first-order chi connectivity index (χ1) is 8.75. The summed E-state index contributed by atoms with van der Waals surface area (Å²) in [7, 11) is 0. The van der Waals surface area contributed by atoms with Crippen LogP contribution in [0, 0.1) is 0 Å². The normalized spacial score (nSPS) is 9.78. The number of nitrogens with one attached hydrogen (secondary N) is 1. The summed E-state index contributed by atoms with van der Waals surface area (Å²) in [6, 6.07) is 18.5. The molecule has 0 aliphatic rings. The molecular formula is C14H16N4. The molecule has 0 saturated heterocycles. The maximum Gasteiger partial charge on any atom is 0.208 e. The maximum absolute atomic E-state index is 5.24. The number of hydrogen-bond donors (Lipinski definition) is 3. The lowest BCUT2D eigenvalue weighted by atomic mass is 10.0. The van der Waals surface area contributed by atoms with Crippen molar-refractivity contribution in [3.63, 3.8) is 0 Å². The fraction of sp³-hybridized carbons (Fsp3) is 0.0714. The fourth-order valence-electron chi connectivity index (χ4n) is 1.71. The molecule has 0 aliphatic heterocycles. The molecule has 0 spiro atoms. The van der Waals surface area contributed by atoms with Gasteiger partial charge >= 0.3 is 0 Å². The topological polar surface area (TPSA) is 76.4 Å². The molecule has 0 saturated carbocycles. The van der Waals surface area contributed by atoms with E-state index in [1.54, 1.807) is 0 Å². The Hall–Kier alpha value is -2.49. The Morgan fingerprint density at radius 3 is 2.39 bits per heavy atom. The van der Waals surface area contributed by atoms with E-state index in [9.17, 15) is 0 Å². The van der Waals surface area contributed by atoms with Gasteiger partial charge in [-0.3, -0.25) is 0 Å². The van der Waals surface area contributed by atoms with Crippen LogP contribution >= 0.6 is 0 Å². The number of rotatable bonds is 4. The minimum Gasteiger partial charge on any atom is -0.369 e. The molecule has 0 atom stereocenters. The molecule has 2 aromatic carbocycles. The zero-order valence-corrected chi connectivity index (χ0v) is 10.0. The van der Waals surface area contributed by atoms with Crippen LogP contribution in [-0.4, -0.2) is 5.96 Å². The van der Waals surface area contributed by atoms with Crippen molar-refractivity contribution in [2.45, 2.75) is 6.54 Å². The van der Waals surface area contributed by atoms with Crippen molar-refractivity contribution in [1.82, 2.24) is 5.43 Å². The van der Waals surface area contributed by atoms with Crippen molar-refractivity contribution < 1.29 is 0 Å². The Kier molecular flexibility index (Phi) is 3.81. The molecule has 0 radical (unpaired) electrons. The molecular weight excluding hydrogens is 224 g/mol. The largest absolute Gasteiger partial charge is 0.369 e. The van der Waals surface area contributed by atoms with Crippen LogP contribution in [0.2, 0.25) is 0 Å². The van der Waals surface area contributed by atoms with Crippen LogP contribution in [-0.2, 0) is 6.54 Å². The summed E-state index contributed by atoms with van der Waals surface area (Å²) in [6.07, 6.45) is 0. The highest BCUT2D eigenvalue weighted by molar-refractivity contribution is 5.75. The lowest BCUT2D eigenvalue weighted by molar-refractivity contribution is 0.741. The highest BCUT2D eigenvalue weighted by Crippen LogP contribution is 2.19. The van der Waals surface area contributed by atoms with Gasteiger partial charge in [-0.2, -0.15) is 0 Å². The van der Waals surface area contributed by atoms with E-state index in [2.05, 4.69) is 34.8 Å². The SMILES string of the molecule is NC(N)=NNCc1cccc(-c2ccccc2)c1. The summed E-state index contributed by atoms with van der Waals surface area (Å²) in [5.74, 6) is 0.0363. The van der Waals surface area contributed by atoms with Gasteiger partial charge in [0, 0.05) is 0 Å². The Morgan fingerprint density at radius 2 is 1.67 bits per heavy atom. The average Bonchev–Trinajstić information content (AvgIpc) is 2.40. The van der Waals surface area contributed by atoms with Crippen molar-refractivity contribution >= 4 is 5.96 Å². The third-order valence-electron chi connectivity index (χ3n) is 2.53. The monoisotopic (exact) mass is 240 g/mol. The number of hydrogen-bond acceptors (Lipinski definition) is 2. The van der Waals surface area contributed by atoms with E-state index >= 15 is 0 Å². The molecule has 0 heterocycles. The molecule has 2 aromatic rings. The van der Waals surface area contributed by atoms with E-state index in [0.29, 0.717) is 6.54 Å². The molecule has 0 unspecified atom stereocenters. The summed E-state index contributed by atoms with van der Waals surface area (Å²) in [6.45, 7) is 0.596. The Balaban J connectivity index is 2.13. The van der Waals surface area contributed by atoms with E-state index in [0.717, 1.165) is 5.56 Å². The van der Waals surface area contributed by atoms with E-state index in [4.69, 9.17) is 11.5 Å². The van der Waals surface area contributed by atoms with Crippen LogP contribution in [0.3, 0.4) is 0 Å². The third-order valence-corrected chi connectivity index (χ3v) is 2.53. The quantitative estimate of drug-likeness (QED) is 0.432. The molecule has 0 amide bonds. The van der Waals surface area contributed by atoms with E-state index in [1.807, 2.05) is 30.3 Å². The van der Waals surface area contributed by atoms with Crippen molar-refractivity contribution in [2.24, 2.45) is 16.6 Å². The fourth-order valence-corrected chi connectivity index (χ4v) is 1.71. The predicted octanol–water partition coefficient (Wildman–Crippen LogP) is 1.63. The zero-order valence-electron chi connectivity index (χ0n) is 10.0. The van der Waals surface area contributed by atoms with Gasteiger partial charge in [-0.25, -0.2) is 0 Å². The molecule has 4 nitrogen and oxygen atoms in total. The van der Waals surface area contributed by atoms with Gasteiger partial charge in [0.25, 0.3) is 0 Å². The summed E-state index contributed by atoms with van der Waals surface area (Å²) < 4.78 is 0. The summed E-state index contributed by atoms with van der Waals surface area (Å²) >= 11 is 0. The van der Waals surface area contributed by atoms with Gasteiger partial charge in [0.15, 0.2) is 0 Å². The van der Waals surface area contributed by atoms with E-state index in [1.165, 1.54) is 11.1 Å². The minimum atomic E-state index is 0.0363. The third kappa shape index (κ3) is 3.25. The van der Waals surface area contributed by atoms with Crippen LogP contribution in [0.1, 0.15) is 5.56 Å². The van der Waals surface area contributed by atoms with Crippen LogP contribution in [0.25, 0.3) is 11.1 Å². The highest BCUT2D eigenvalue weighted by Gasteiger charge is 1.98. The minimum absolute atomic E-state index is 0.0363. The standard InChI is InChI=1S/C14H16N4/c15-14(16)18-17-10-11-5-4-8-13(9-11)12-6-2-1-3-7-12/h1-9,17H,10H2,(H4,15,16,18). The molecule has 0 fully saturated rings. The van der Waals surface area contributed by atoms with Gasteiger partial charge in [0.2, 0.25) is 5.96 Å².